The summed E-state index contributed by atoms with van der Waals surface area (Å²) in [5.41, 5.74) is 10.3. The number of allylic oxidation sites excluding steroid dienone is 3. The van der Waals surface area contributed by atoms with Crippen molar-refractivity contribution in [1.29, 1.82) is 0 Å². The van der Waals surface area contributed by atoms with Gasteiger partial charge >= 0.3 is 0 Å². The van der Waals surface area contributed by atoms with Crippen LogP contribution in [0.5, 0.6) is 0 Å². The molecule has 0 amide bonds. The van der Waals surface area contributed by atoms with Crippen LogP contribution in [0.2, 0.25) is 0 Å². The van der Waals surface area contributed by atoms with Crippen LogP contribution in [0.1, 0.15) is 18.1 Å². The van der Waals surface area contributed by atoms with Crippen LogP contribution < -0.4 is 5.73 Å². The lowest BCUT2D eigenvalue weighted by atomic mass is 10.0. The van der Waals surface area contributed by atoms with Gasteiger partial charge in [-0.25, -0.2) is 0 Å². The van der Waals surface area contributed by atoms with Gasteiger partial charge in [-0.15, -0.1) is 0 Å². The van der Waals surface area contributed by atoms with Gasteiger partial charge in [-0.05, 0) is 23.6 Å². The lowest BCUT2D eigenvalue weighted by Crippen LogP contribution is -1.96. The average molecular weight is 211 g/mol. The maximum Gasteiger partial charge on any atom is 0.0320 e. The van der Waals surface area contributed by atoms with Crippen molar-refractivity contribution in [2.45, 2.75) is 6.92 Å². The molecule has 16 heavy (non-hydrogen) atoms. The Balaban J connectivity index is 3.19. The molecule has 0 atom stereocenters. The van der Waals surface area contributed by atoms with E-state index in [1.165, 1.54) is 0 Å². The van der Waals surface area contributed by atoms with Crippen LogP contribution in [0.3, 0.4) is 0 Å². The molecular formula is C15H17N. The van der Waals surface area contributed by atoms with Gasteiger partial charge in [-0.3, -0.25) is 0 Å². The molecule has 0 heterocycles. The Labute approximate surface area is 97.3 Å². The van der Waals surface area contributed by atoms with Crippen LogP contribution in [0.4, 0.5) is 0 Å². The van der Waals surface area contributed by atoms with Crippen molar-refractivity contribution in [3.63, 3.8) is 0 Å². The first-order valence-electron chi connectivity index (χ1n) is 5.10. The second kappa shape index (κ2) is 5.17. The molecule has 82 valence electrons. The van der Waals surface area contributed by atoms with Gasteiger partial charge in [0.05, 0.1) is 0 Å². The topological polar surface area (TPSA) is 26.0 Å². The second-order valence-electron chi connectivity index (χ2n) is 3.67. The maximum absolute atomic E-state index is 5.73. The third-order valence-corrected chi connectivity index (χ3v) is 2.43. The van der Waals surface area contributed by atoms with E-state index >= 15 is 0 Å². The van der Waals surface area contributed by atoms with Crippen LogP contribution in [-0.4, -0.2) is 0 Å². The van der Waals surface area contributed by atoms with Gasteiger partial charge in [0.15, 0.2) is 0 Å². The fourth-order valence-electron chi connectivity index (χ4n) is 1.40. The van der Waals surface area contributed by atoms with Crippen LogP contribution in [0.25, 0.3) is 11.8 Å². The first-order chi connectivity index (χ1) is 7.56. The molecule has 0 fully saturated rings. The number of nitrogens with two attached hydrogens (primary N) is 1. The third-order valence-electron chi connectivity index (χ3n) is 2.43. The fraction of sp³-hybridized carbons (Fsp3) is 0.0667. The first kappa shape index (κ1) is 12.1. The van der Waals surface area contributed by atoms with Crippen molar-refractivity contribution in [1.82, 2.24) is 0 Å². The van der Waals surface area contributed by atoms with E-state index in [1.807, 2.05) is 37.3 Å². The number of hydrogen-bond acceptors (Lipinski definition) is 1. The molecule has 0 saturated carbocycles. The Bertz CT molecular complexity index is 464. The molecule has 1 heteroatoms. The summed E-state index contributed by atoms with van der Waals surface area (Å²) < 4.78 is 0. The van der Waals surface area contributed by atoms with E-state index in [0.29, 0.717) is 5.70 Å². The smallest absolute Gasteiger partial charge is 0.0320 e. The molecule has 2 N–H and O–H groups in total. The summed E-state index contributed by atoms with van der Waals surface area (Å²) in [6.45, 7) is 13.4. The van der Waals surface area contributed by atoms with Crippen LogP contribution in [0.15, 0.2) is 61.2 Å². The van der Waals surface area contributed by atoms with E-state index in [-0.39, 0.29) is 0 Å². The second-order valence-corrected chi connectivity index (χ2v) is 3.67. The molecule has 0 saturated heterocycles. The Morgan fingerprint density at radius 3 is 2.44 bits per heavy atom. The summed E-state index contributed by atoms with van der Waals surface area (Å²) in [7, 11) is 0. The standard InChI is InChI=1S/C15H17N/c1-5-11(2)12(3)10-14-8-6-7-9-15(14)13(4)16/h5-10H,1-2,4,16H2,3H3/b12-10+. The minimum absolute atomic E-state index is 0.573. The summed E-state index contributed by atoms with van der Waals surface area (Å²) in [4.78, 5) is 0. The summed E-state index contributed by atoms with van der Waals surface area (Å²) in [6.07, 6.45) is 3.78. The molecule has 0 aliphatic heterocycles. The highest BCUT2D eigenvalue weighted by atomic mass is 14.6. The van der Waals surface area contributed by atoms with Crippen molar-refractivity contribution in [3.05, 3.63) is 72.4 Å². The van der Waals surface area contributed by atoms with Crippen LogP contribution in [-0.2, 0) is 0 Å². The Morgan fingerprint density at radius 1 is 1.25 bits per heavy atom. The molecule has 0 bridgehead atoms. The molecule has 1 nitrogen and oxygen atoms in total. The molecule has 1 rings (SSSR count). The normalized spacial score (nSPS) is 10.9. The third kappa shape index (κ3) is 2.74. The predicted molar refractivity (Wildman–Crippen MR) is 72.7 cm³/mol. The van der Waals surface area contributed by atoms with Crippen LogP contribution in [0, 0.1) is 0 Å². The zero-order valence-electron chi connectivity index (χ0n) is 9.66. The highest BCUT2D eigenvalue weighted by molar-refractivity contribution is 5.73. The summed E-state index contributed by atoms with van der Waals surface area (Å²) in [5, 5.41) is 0. The minimum Gasteiger partial charge on any atom is -0.399 e. The molecular weight excluding hydrogens is 194 g/mol. The van der Waals surface area contributed by atoms with Crippen molar-refractivity contribution in [2.24, 2.45) is 5.73 Å². The zero-order chi connectivity index (χ0) is 12.1. The van der Waals surface area contributed by atoms with Gasteiger partial charge in [0, 0.05) is 11.3 Å². The van der Waals surface area contributed by atoms with E-state index in [1.54, 1.807) is 6.08 Å². The van der Waals surface area contributed by atoms with E-state index < -0.39 is 0 Å². The van der Waals surface area contributed by atoms with Gasteiger partial charge < -0.3 is 5.73 Å². The Morgan fingerprint density at radius 2 is 1.88 bits per heavy atom. The quantitative estimate of drug-likeness (QED) is 0.754. The van der Waals surface area contributed by atoms with Gasteiger partial charge in [0.1, 0.15) is 0 Å². The number of hydrogen-bond donors (Lipinski definition) is 1. The highest BCUT2D eigenvalue weighted by Gasteiger charge is 2.01. The van der Waals surface area contributed by atoms with Crippen molar-refractivity contribution < 1.29 is 0 Å². The van der Waals surface area contributed by atoms with E-state index in [0.717, 1.165) is 22.3 Å². The average Bonchev–Trinajstić information content (AvgIpc) is 2.28. The molecule has 0 aliphatic carbocycles. The predicted octanol–water partition coefficient (Wildman–Crippen LogP) is 3.76. The minimum atomic E-state index is 0.573. The zero-order valence-corrected chi connectivity index (χ0v) is 9.66. The van der Waals surface area contributed by atoms with Crippen molar-refractivity contribution >= 4 is 11.8 Å². The van der Waals surface area contributed by atoms with Gasteiger partial charge in [-0.1, -0.05) is 56.2 Å². The molecule has 0 aromatic heterocycles. The van der Waals surface area contributed by atoms with E-state index in [2.05, 4.69) is 19.7 Å². The fourth-order valence-corrected chi connectivity index (χ4v) is 1.40. The van der Waals surface area contributed by atoms with E-state index in [4.69, 9.17) is 5.73 Å². The summed E-state index contributed by atoms with van der Waals surface area (Å²) in [5.74, 6) is 0. The largest absolute Gasteiger partial charge is 0.399 e. The Hall–Kier alpha value is -2.02. The number of rotatable bonds is 4. The van der Waals surface area contributed by atoms with Crippen molar-refractivity contribution in [2.75, 3.05) is 0 Å². The lowest BCUT2D eigenvalue weighted by molar-refractivity contribution is 1.45. The molecule has 0 aliphatic rings. The molecule has 0 radical (unpaired) electrons. The van der Waals surface area contributed by atoms with Gasteiger partial charge in [0.2, 0.25) is 0 Å². The summed E-state index contributed by atoms with van der Waals surface area (Å²) >= 11 is 0. The molecule has 0 spiro atoms. The maximum atomic E-state index is 5.73. The highest BCUT2D eigenvalue weighted by Crippen LogP contribution is 2.19. The van der Waals surface area contributed by atoms with Gasteiger partial charge in [-0.2, -0.15) is 0 Å². The summed E-state index contributed by atoms with van der Waals surface area (Å²) in [6, 6.07) is 7.88. The van der Waals surface area contributed by atoms with Gasteiger partial charge in [0.25, 0.3) is 0 Å². The van der Waals surface area contributed by atoms with Crippen LogP contribution >= 0.6 is 0 Å². The molecule has 1 aromatic carbocycles. The monoisotopic (exact) mass is 211 g/mol. The Kier molecular flexibility index (Phi) is 3.90. The SMILES string of the molecule is C=CC(=C)/C(C)=C/c1ccccc1C(=C)N. The van der Waals surface area contributed by atoms with E-state index in [9.17, 15) is 0 Å². The molecule has 0 unspecified atom stereocenters. The lowest BCUT2D eigenvalue weighted by Gasteiger charge is -2.06. The first-order valence-corrected chi connectivity index (χ1v) is 5.10. The number of benzene rings is 1. The van der Waals surface area contributed by atoms with Crippen molar-refractivity contribution in [3.8, 4) is 0 Å². The molecule has 1 aromatic rings.